The predicted molar refractivity (Wildman–Crippen MR) is 78.5 cm³/mol. The molecule has 0 fully saturated rings. The summed E-state index contributed by atoms with van der Waals surface area (Å²) < 4.78 is 0. The number of amides is 1. The molecule has 0 bridgehead atoms. The Morgan fingerprint density at radius 2 is 1.95 bits per heavy atom. The van der Waals surface area contributed by atoms with Crippen LogP contribution in [0.4, 0.5) is 5.69 Å². The van der Waals surface area contributed by atoms with Crippen molar-refractivity contribution in [3.8, 4) is 0 Å². The fourth-order valence-corrected chi connectivity index (χ4v) is 1.89. The molecule has 1 aromatic heterocycles. The van der Waals surface area contributed by atoms with E-state index < -0.39 is 5.91 Å². The number of H-pyrrole nitrogens is 1. The maximum Gasteiger partial charge on any atom is 0.257 e. The Bertz CT molecular complexity index is 674. The van der Waals surface area contributed by atoms with Crippen molar-refractivity contribution in [2.75, 3.05) is 5.73 Å². The van der Waals surface area contributed by atoms with Gasteiger partial charge in [-0.2, -0.15) is 0 Å². The van der Waals surface area contributed by atoms with Crippen LogP contribution in [0.15, 0.2) is 41.3 Å². The maximum atomic E-state index is 12.1. The summed E-state index contributed by atoms with van der Waals surface area (Å²) in [7, 11) is 0. The van der Waals surface area contributed by atoms with Crippen LogP contribution in [0.1, 0.15) is 34.6 Å². The number of hydrogen-bond acceptors (Lipinski definition) is 3. The first kappa shape index (κ1) is 13.9. The minimum Gasteiger partial charge on any atom is -0.399 e. The summed E-state index contributed by atoms with van der Waals surface area (Å²) >= 11 is 0. The summed E-state index contributed by atoms with van der Waals surface area (Å²) in [5.41, 5.74) is 7.76. The van der Waals surface area contributed by atoms with Crippen LogP contribution in [0.3, 0.4) is 0 Å². The average molecular weight is 271 g/mol. The maximum absolute atomic E-state index is 12.1. The molecule has 0 saturated heterocycles. The lowest BCUT2D eigenvalue weighted by molar-refractivity contribution is 0.0938. The first-order valence-corrected chi connectivity index (χ1v) is 6.33. The lowest BCUT2D eigenvalue weighted by Crippen LogP contribution is -2.30. The van der Waals surface area contributed by atoms with Gasteiger partial charge < -0.3 is 16.0 Å². The number of aryl methyl sites for hydroxylation is 1. The quantitative estimate of drug-likeness (QED) is 0.743. The Balaban J connectivity index is 2.15. The largest absolute Gasteiger partial charge is 0.399 e. The molecule has 0 saturated carbocycles. The van der Waals surface area contributed by atoms with Crippen LogP contribution in [-0.2, 0) is 0 Å². The minimum absolute atomic E-state index is 0.109. The zero-order chi connectivity index (χ0) is 14.7. The number of carbonyl (C=O) groups excluding carboxylic acids is 1. The van der Waals surface area contributed by atoms with Crippen molar-refractivity contribution in [1.82, 2.24) is 10.3 Å². The van der Waals surface area contributed by atoms with Crippen molar-refractivity contribution < 1.29 is 4.79 Å². The van der Waals surface area contributed by atoms with E-state index in [1.165, 1.54) is 12.3 Å². The Morgan fingerprint density at radius 3 is 2.55 bits per heavy atom. The van der Waals surface area contributed by atoms with Crippen molar-refractivity contribution in [2.45, 2.75) is 19.9 Å². The van der Waals surface area contributed by atoms with E-state index in [9.17, 15) is 9.59 Å². The molecule has 0 aliphatic carbocycles. The third kappa shape index (κ3) is 3.06. The molecule has 104 valence electrons. The van der Waals surface area contributed by atoms with Gasteiger partial charge in [0.15, 0.2) is 5.43 Å². The van der Waals surface area contributed by atoms with Gasteiger partial charge in [-0.15, -0.1) is 0 Å². The molecule has 0 aliphatic rings. The lowest BCUT2D eigenvalue weighted by Gasteiger charge is -2.14. The zero-order valence-corrected chi connectivity index (χ0v) is 11.4. The molecular formula is C15H17N3O2. The number of pyridine rings is 1. The van der Waals surface area contributed by atoms with Crippen LogP contribution >= 0.6 is 0 Å². The van der Waals surface area contributed by atoms with Gasteiger partial charge >= 0.3 is 0 Å². The second-order valence-corrected chi connectivity index (χ2v) is 4.76. The molecule has 5 heteroatoms. The molecule has 1 atom stereocenters. The summed E-state index contributed by atoms with van der Waals surface area (Å²) in [6, 6.07) is 8.44. The van der Waals surface area contributed by atoms with Crippen LogP contribution in [0, 0.1) is 6.92 Å². The fourth-order valence-electron chi connectivity index (χ4n) is 1.89. The van der Waals surface area contributed by atoms with Gasteiger partial charge in [-0.25, -0.2) is 0 Å². The van der Waals surface area contributed by atoms with E-state index in [2.05, 4.69) is 10.3 Å². The van der Waals surface area contributed by atoms with Gasteiger partial charge in [0, 0.05) is 23.6 Å². The van der Waals surface area contributed by atoms with Crippen LogP contribution in [-0.4, -0.2) is 10.9 Å². The number of hydrogen-bond donors (Lipinski definition) is 3. The summed E-state index contributed by atoms with van der Waals surface area (Å²) in [6.45, 7) is 3.62. The van der Waals surface area contributed by atoms with Crippen molar-refractivity contribution in [3.05, 3.63) is 63.6 Å². The van der Waals surface area contributed by atoms with E-state index in [0.29, 0.717) is 5.69 Å². The summed E-state index contributed by atoms with van der Waals surface area (Å²) in [5.74, 6) is -0.393. The monoisotopic (exact) mass is 271 g/mol. The molecule has 20 heavy (non-hydrogen) atoms. The van der Waals surface area contributed by atoms with Crippen LogP contribution in [0.2, 0.25) is 0 Å². The van der Waals surface area contributed by atoms with E-state index in [4.69, 9.17) is 5.73 Å². The highest BCUT2D eigenvalue weighted by atomic mass is 16.2. The number of nitrogens with two attached hydrogens (primary N) is 1. The molecule has 1 heterocycles. The normalized spacial score (nSPS) is 11.9. The number of nitrogen functional groups attached to an aromatic ring is 1. The van der Waals surface area contributed by atoms with Gasteiger partial charge in [0.1, 0.15) is 5.56 Å². The highest BCUT2D eigenvalue weighted by Crippen LogP contribution is 2.14. The first-order valence-electron chi connectivity index (χ1n) is 6.33. The number of benzene rings is 1. The molecule has 2 aromatic rings. The molecule has 0 spiro atoms. The topological polar surface area (TPSA) is 88.0 Å². The molecule has 0 aliphatic heterocycles. The molecule has 1 amide bonds. The second-order valence-electron chi connectivity index (χ2n) is 4.76. The number of rotatable bonds is 3. The predicted octanol–water partition coefficient (Wildman–Crippen LogP) is 1.76. The van der Waals surface area contributed by atoms with E-state index in [0.717, 1.165) is 11.3 Å². The highest BCUT2D eigenvalue weighted by molar-refractivity contribution is 5.94. The van der Waals surface area contributed by atoms with Gasteiger partial charge in [0.25, 0.3) is 5.91 Å². The SMILES string of the molecule is Cc1cc(=O)c(C(=O)NC(C)c2ccc(N)cc2)c[nH]1. The van der Waals surface area contributed by atoms with Crippen LogP contribution in [0.25, 0.3) is 0 Å². The highest BCUT2D eigenvalue weighted by Gasteiger charge is 2.14. The molecular weight excluding hydrogens is 254 g/mol. The number of nitrogens with one attached hydrogen (secondary N) is 2. The molecule has 0 radical (unpaired) electrons. The van der Waals surface area contributed by atoms with Gasteiger partial charge in [-0.1, -0.05) is 12.1 Å². The van der Waals surface area contributed by atoms with Crippen molar-refractivity contribution >= 4 is 11.6 Å². The average Bonchev–Trinajstić information content (AvgIpc) is 2.39. The van der Waals surface area contributed by atoms with Gasteiger partial charge in [0.05, 0.1) is 6.04 Å². The number of aromatic nitrogens is 1. The number of carbonyl (C=O) groups is 1. The standard InChI is InChI=1S/C15H17N3O2/c1-9-7-14(19)13(8-17-9)15(20)18-10(2)11-3-5-12(16)6-4-11/h3-8,10H,16H2,1-2H3,(H,17,19)(H,18,20). The van der Waals surface area contributed by atoms with Gasteiger partial charge in [0.2, 0.25) is 0 Å². The third-order valence-electron chi connectivity index (χ3n) is 3.09. The van der Waals surface area contributed by atoms with E-state index in [1.807, 2.05) is 19.1 Å². The van der Waals surface area contributed by atoms with E-state index >= 15 is 0 Å². The van der Waals surface area contributed by atoms with E-state index in [1.54, 1.807) is 19.1 Å². The molecule has 1 aromatic carbocycles. The van der Waals surface area contributed by atoms with E-state index in [-0.39, 0.29) is 17.0 Å². The number of aromatic amines is 1. The Morgan fingerprint density at radius 1 is 1.30 bits per heavy atom. The number of anilines is 1. The molecule has 5 nitrogen and oxygen atoms in total. The smallest absolute Gasteiger partial charge is 0.257 e. The first-order chi connectivity index (χ1) is 9.47. The van der Waals surface area contributed by atoms with Crippen LogP contribution in [0.5, 0.6) is 0 Å². The molecule has 4 N–H and O–H groups in total. The van der Waals surface area contributed by atoms with Crippen LogP contribution < -0.4 is 16.5 Å². The third-order valence-corrected chi connectivity index (χ3v) is 3.09. The second kappa shape index (κ2) is 5.61. The summed E-state index contributed by atoms with van der Waals surface area (Å²) in [4.78, 5) is 26.7. The molecule has 1 unspecified atom stereocenters. The lowest BCUT2D eigenvalue weighted by atomic mass is 10.1. The summed E-state index contributed by atoms with van der Waals surface area (Å²) in [6.07, 6.45) is 1.43. The van der Waals surface area contributed by atoms with Crippen molar-refractivity contribution in [3.63, 3.8) is 0 Å². The Hall–Kier alpha value is -2.56. The summed E-state index contributed by atoms with van der Waals surface area (Å²) in [5, 5.41) is 2.79. The van der Waals surface area contributed by atoms with Gasteiger partial charge in [-0.05, 0) is 31.5 Å². The fraction of sp³-hybridized carbons (Fsp3) is 0.200. The van der Waals surface area contributed by atoms with Crippen molar-refractivity contribution in [1.29, 1.82) is 0 Å². The van der Waals surface area contributed by atoms with Gasteiger partial charge in [-0.3, -0.25) is 9.59 Å². The minimum atomic E-state index is -0.393. The van der Waals surface area contributed by atoms with Crippen molar-refractivity contribution in [2.24, 2.45) is 0 Å². The Labute approximate surface area is 116 Å². The molecule has 2 rings (SSSR count). The zero-order valence-electron chi connectivity index (χ0n) is 11.4. The Kier molecular flexibility index (Phi) is 3.89.